The average Bonchev–Trinajstić information content (AvgIpc) is 2.84. The van der Waals surface area contributed by atoms with E-state index in [1.54, 1.807) is 0 Å². The van der Waals surface area contributed by atoms with E-state index in [0.717, 1.165) is 22.4 Å². The van der Waals surface area contributed by atoms with Crippen molar-refractivity contribution in [3.8, 4) is 11.5 Å². The number of benzene rings is 1. The molecule has 0 aliphatic rings. The summed E-state index contributed by atoms with van der Waals surface area (Å²) in [6.07, 6.45) is 0. The quantitative estimate of drug-likeness (QED) is 0.668. The summed E-state index contributed by atoms with van der Waals surface area (Å²) in [6.45, 7) is 1.88. The molecule has 16 heavy (non-hydrogen) atoms. The van der Waals surface area contributed by atoms with Crippen molar-refractivity contribution in [1.82, 2.24) is 25.0 Å². The Bertz CT molecular complexity index is 649. The fraction of sp³-hybridized carbons (Fsp3) is 0.182. The lowest BCUT2D eigenvalue weighted by molar-refractivity contribution is 0.798. The number of fused-ring (bicyclic) bond motifs is 1. The molecule has 0 unspecified atom stereocenters. The fourth-order valence-electron chi connectivity index (χ4n) is 1.83. The van der Waals surface area contributed by atoms with Crippen molar-refractivity contribution in [2.45, 2.75) is 6.92 Å². The Balaban J connectivity index is 2.32. The number of H-pyrrole nitrogens is 1. The zero-order chi connectivity index (χ0) is 11.1. The van der Waals surface area contributed by atoms with E-state index >= 15 is 0 Å². The van der Waals surface area contributed by atoms with Crippen LogP contribution in [0.2, 0.25) is 0 Å². The third-order valence-corrected chi connectivity index (χ3v) is 2.57. The molecular weight excluding hydrogens is 202 g/mol. The number of nitrogens with zero attached hydrogens (tertiary/aromatic N) is 4. The highest BCUT2D eigenvalue weighted by Crippen LogP contribution is 2.24. The van der Waals surface area contributed by atoms with Gasteiger partial charge in [-0.25, -0.2) is 4.98 Å². The summed E-state index contributed by atoms with van der Waals surface area (Å²) in [6, 6.07) is 8.05. The normalized spacial score (nSPS) is 11.1. The van der Waals surface area contributed by atoms with Gasteiger partial charge in [-0.3, -0.25) is 9.78 Å². The van der Waals surface area contributed by atoms with Crippen LogP contribution in [0.1, 0.15) is 5.82 Å². The van der Waals surface area contributed by atoms with Crippen LogP contribution in [0.4, 0.5) is 0 Å². The van der Waals surface area contributed by atoms with Crippen LogP contribution in [0, 0.1) is 6.92 Å². The van der Waals surface area contributed by atoms with Crippen LogP contribution >= 0.6 is 0 Å². The average molecular weight is 213 g/mol. The van der Waals surface area contributed by atoms with Gasteiger partial charge in [0.15, 0.2) is 0 Å². The lowest BCUT2D eigenvalue weighted by Gasteiger charge is -1.90. The minimum Gasteiger partial charge on any atom is -0.267 e. The molecule has 5 nitrogen and oxygen atoms in total. The van der Waals surface area contributed by atoms with E-state index < -0.39 is 0 Å². The summed E-state index contributed by atoms with van der Waals surface area (Å²) < 4.78 is 1.84. The minimum atomic E-state index is 0.648. The molecule has 0 saturated heterocycles. The molecule has 1 N–H and O–H groups in total. The Kier molecular flexibility index (Phi) is 1.80. The monoisotopic (exact) mass is 213 g/mol. The number of aromatic amines is 1. The van der Waals surface area contributed by atoms with Crippen molar-refractivity contribution in [3.05, 3.63) is 30.1 Å². The van der Waals surface area contributed by atoms with Gasteiger partial charge in [-0.15, -0.1) is 0 Å². The fourth-order valence-corrected chi connectivity index (χ4v) is 1.83. The summed E-state index contributed by atoms with van der Waals surface area (Å²) in [4.78, 5) is 4.30. The maximum Gasteiger partial charge on any atom is 0.202 e. The van der Waals surface area contributed by atoms with Gasteiger partial charge in [0, 0.05) is 12.4 Å². The first-order valence-corrected chi connectivity index (χ1v) is 5.07. The van der Waals surface area contributed by atoms with Crippen LogP contribution in [-0.4, -0.2) is 25.0 Å². The molecule has 0 aliphatic heterocycles. The van der Waals surface area contributed by atoms with Gasteiger partial charge in [0.25, 0.3) is 0 Å². The van der Waals surface area contributed by atoms with Crippen LogP contribution in [0.5, 0.6) is 0 Å². The predicted molar refractivity (Wildman–Crippen MR) is 60.8 cm³/mol. The smallest absolute Gasteiger partial charge is 0.202 e. The highest BCUT2D eigenvalue weighted by atomic mass is 15.3. The number of para-hydroxylation sites is 1. The maximum absolute atomic E-state index is 4.44. The van der Waals surface area contributed by atoms with Gasteiger partial charge in [-0.1, -0.05) is 18.2 Å². The van der Waals surface area contributed by atoms with E-state index in [0.29, 0.717) is 5.82 Å². The SMILES string of the molecule is Cc1nc(-c2nn(C)c3ccccc23)n[nH]1. The summed E-state index contributed by atoms with van der Waals surface area (Å²) >= 11 is 0. The van der Waals surface area contributed by atoms with E-state index in [-0.39, 0.29) is 0 Å². The van der Waals surface area contributed by atoms with Crippen molar-refractivity contribution in [2.75, 3.05) is 0 Å². The second kappa shape index (κ2) is 3.16. The summed E-state index contributed by atoms with van der Waals surface area (Å²) in [5.41, 5.74) is 1.91. The molecular formula is C11H11N5. The molecule has 3 rings (SSSR count). The Hall–Kier alpha value is -2.17. The first-order chi connectivity index (χ1) is 7.75. The molecule has 0 spiro atoms. The predicted octanol–water partition coefficient (Wildman–Crippen LogP) is 1.67. The van der Waals surface area contributed by atoms with Crippen LogP contribution in [0.25, 0.3) is 22.4 Å². The van der Waals surface area contributed by atoms with Crippen molar-refractivity contribution in [1.29, 1.82) is 0 Å². The highest BCUT2D eigenvalue weighted by molar-refractivity contribution is 5.91. The van der Waals surface area contributed by atoms with Gasteiger partial charge in [0.05, 0.1) is 5.52 Å². The number of hydrogen-bond acceptors (Lipinski definition) is 3. The molecule has 5 heteroatoms. The summed E-state index contributed by atoms with van der Waals surface area (Å²) in [7, 11) is 1.92. The van der Waals surface area contributed by atoms with E-state index in [4.69, 9.17) is 0 Å². The molecule has 1 aromatic carbocycles. The van der Waals surface area contributed by atoms with Gasteiger partial charge >= 0.3 is 0 Å². The van der Waals surface area contributed by atoms with Gasteiger partial charge in [-0.05, 0) is 13.0 Å². The maximum atomic E-state index is 4.44. The largest absolute Gasteiger partial charge is 0.267 e. The minimum absolute atomic E-state index is 0.648. The number of hydrogen-bond donors (Lipinski definition) is 1. The number of rotatable bonds is 1. The van der Waals surface area contributed by atoms with E-state index in [1.807, 2.05) is 42.9 Å². The molecule has 0 saturated carbocycles. The topological polar surface area (TPSA) is 59.4 Å². The van der Waals surface area contributed by atoms with Crippen molar-refractivity contribution in [3.63, 3.8) is 0 Å². The second-order valence-electron chi connectivity index (χ2n) is 3.73. The molecule has 2 aromatic heterocycles. The molecule has 0 aliphatic carbocycles. The number of aryl methyl sites for hydroxylation is 2. The molecule has 0 fully saturated rings. The third-order valence-electron chi connectivity index (χ3n) is 2.57. The van der Waals surface area contributed by atoms with Crippen LogP contribution in [0.3, 0.4) is 0 Å². The van der Waals surface area contributed by atoms with Crippen molar-refractivity contribution in [2.24, 2.45) is 7.05 Å². The van der Waals surface area contributed by atoms with Gasteiger partial charge in [-0.2, -0.15) is 10.2 Å². The number of nitrogens with one attached hydrogen (secondary N) is 1. The highest BCUT2D eigenvalue weighted by Gasteiger charge is 2.13. The Morgan fingerprint density at radius 1 is 1.25 bits per heavy atom. The Morgan fingerprint density at radius 3 is 2.81 bits per heavy atom. The molecule has 0 atom stereocenters. The Labute approximate surface area is 92.1 Å². The van der Waals surface area contributed by atoms with E-state index in [9.17, 15) is 0 Å². The Morgan fingerprint density at radius 2 is 2.06 bits per heavy atom. The molecule has 0 amide bonds. The van der Waals surface area contributed by atoms with Crippen LogP contribution < -0.4 is 0 Å². The zero-order valence-electron chi connectivity index (χ0n) is 9.10. The van der Waals surface area contributed by atoms with E-state index in [1.165, 1.54) is 0 Å². The number of aromatic nitrogens is 5. The van der Waals surface area contributed by atoms with Gasteiger partial charge in [0.1, 0.15) is 11.5 Å². The first-order valence-electron chi connectivity index (χ1n) is 5.07. The van der Waals surface area contributed by atoms with E-state index in [2.05, 4.69) is 20.3 Å². The summed E-state index contributed by atoms with van der Waals surface area (Å²) in [5.74, 6) is 1.44. The lowest BCUT2D eigenvalue weighted by Crippen LogP contribution is -1.90. The van der Waals surface area contributed by atoms with Crippen LogP contribution in [0.15, 0.2) is 24.3 Å². The molecule has 0 bridgehead atoms. The van der Waals surface area contributed by atoms with Gasteiger partial charge < -0.3 is 0 Å². The lowest BCUT2D eigenvalue weighted by atomic mass is 10.2. The van der Waals surface area contributed by atoms with Crippen molar-refractivity contribution >= 4 is 10.9 Å². The van der Waals surface area contributed by atoms with Gasteiger partial charge in [0.2, 0.25) is 5.82 Å². The molecule has 3 aromatic rings. The molecule has 0 radical (unpaired) electrons. The standard InChI is InChI=1S/C11H11N5/c1-7-12-11(14-13-7)10-8-5-3-4-6-9(8)16(2)15-10/h3-6H,1-2H3,(H,12,13,14). The third kappa shape index (κ3) is 1.21. The van der Waals surface area contributed by atoms with Crippen LogP contribution in [-0.2, 0) is 7.05 Å². The van der Waals surface area contributed by atoms with Crippen molar-refractivity contribution < 1.29 is 0 Å². The molecule has 80 valence electrons. The summed E-state index contributed by atoms with van der Waals surface area (Å²) in [5, 5.41) is 12.5. The molecule has 2 heterocycles. The first kappa shape index (κ1) is 9.08. The zero-order valence-corrected chi connectivity index (χ0v) is 9.10. The second-order valence-corrected chi connectivity index (χ2v) is 3.73.